The number of benzene rings is 2. The molecule has 4 saturated heterocycles. The zero-order chi connectivity index (χ0) is 48.1. The number of amides is 4. The number of aromatic hydroxyl groups is 1. The summed E-state index contributed by atoms with van der Waals surface area (Å²) in [4.78, 5) is 65.3. The minimum Gasteiger partial charge on any atom is -0.507 e. The third-order valence-corrected chi connectivity index (χ3v) is 15.2. The number of fused-ring (bicyclic) bond motifs is 4. The molecule has 0 bridgehead atoms. The quantitative estimate of drug-likeness (QED) is 0.130. The number of para-hydroxylation sites is 1. The Hall–Kier alpha value is -6.77. The van der Waals surface area contributed by atoms with Crippen LogP contribution in [0.4, 0.5) is 16.4 Å². The summed E-state index contributed by atoms with van der Waals surface area (Å²) in [5, 5.41) is 37.0. The van der Waals surface area contributed by atoms with E-state index in [1.165, 1.54) is 4.90 Å². The van der Waals surface area contributed by atoms with Crippen LogP contribution in [0.1, 0.15) is 75.4 Å². The van der Waals surface area contributed by atoms with Gasteiger partial charge in [-0.1, -0.05) is 51.0 Å². The Balaban J connectivity index is 0.706. The first-order valence-corrected chi connectivity index (χ1v) is 24.3. The maximum absolute atomic E-state index is 14.2. The van der Waals surface area contributed by atoms with Crippen LogP contribution in [0.5, 0.6) is 5.75 Å². The van der Waals surface area contributed by atoms with Crippen LogP contribution in [-0.2, 0) is 22.6 Å². The van der Waals surface area contributed by atoms with Crippen molar-refractivity contribution in [1.29, 1.82) is 0 Å². The molecule has 5 aliphatic heterocycles. The Morgan fingerprint density at radius 2 is 1.65 bits per heavy atom. The van der Waals surface area contributed by atoms with Gasteiger partial charge in [-0.25, -0.2) is 14.8 Å². The van der Waals surface area contributed by atoms with Gasteiger partial charge in [0.1, 0.15) is 17.8 Å². The van der Waals surface area contributed by atoms with Crippen molar-refractivity contribution in [2.24, 2.45) is 17.3 Å². The predicted octanol–water partition coefficient (Wildman–Crippen LogP) is 4.46. The van der Waals surface area contributed by atoms with Crippen molar-refractivity contribution in [3.05, 3.63) is 89.4 Å². The van der Waals surface area contributed by atoms with E-state index in [1.54, 1.807) is 12.1 Å². The number of anilines is 2. The van der Waals surface area contributed by atoms with Gasteiger partial charge in [0.05, 0.1) is 35.9 Å². The number of nitrogens with one attached hydrogen (secondary N) is 3. The summed E-state index contributed by atoms with van der Waals surface area (Å²) >= 11 is 0. The van der Waals surface area contributed by atoms with Gasteiger partial charge in [-0.2, -0.15) is 0 Å². The number of aliphatic hydroxyl groups excluding tert-OH is 1. The molecular formula is C52H62N12O5. The molecule has 5 N–H and O–H groups in total. The molecule has 0 spiro atoms. The van der Waals surface area contributed by atoms with Gasteiger partial charge in [-0.3, -0.25) is 14.5 Å². The van der Waals surface area contributed by atoms with Gasteiger partial charge < -0.3 is 45.4 Å². The van der Waals surface area contributed by atoms with E-state index >= 15 is 0 Å². The topological polar surface area (TPSA) is 199 Å². The molecular weight excluding hydrogens is 873 g/mol. The molecule has 4 fully saturated rings. The predicted molar refractivity (Wildman–Crippen MR) is 262 cm³/mol. The number of urea groups is 1. The number of hydrogen-bond donors (Lipinski definition) is 5. The Kier molecular flexibility index (Phi) is 12.4. The molecule has 2 aromatic carbocycles. The maximum atomic E-state index is 14.2. The number of rotatable bonds is 9. The number of phenolic OH excluding ortho intramolecular Hbond substituents is 1. The smallest absolute Gasteiger partial charge is 0.318 e. The lowest BCUT2D eigenvalue weighted by Gasteiger charge is -2.40. The highest BCUT2D eigenvalue weighted by Gasteiger charge is 2.46. The average molecular weight is 935 g/mol. The molecule has 69 heavy (non-hydrogen) atoms. The van der Waals surface area contributed by atoms with Crippen LogP contribution in [-0.4, -0.2) is 144 Å². The minimum absolute atomic E-state index is 0.000981. The lowest BCUT2D eigenvalue weighted by molar-refractivity contribution is -0.142. The Morgan fingerprint density at radius 3 is 2.33 bits per heavy atom. The molecule has 6 atom stereocenters. The number of hydrogen-bond acceptors (Lipinski definition) is 12. The lowest BCUT2D eigenvalue weighted by Crippen LogP contribution is -2.60. The zero-order valence-corrected chi connectivity index (χ0v) is 39.8. The Morgan fingerprint density at radius 1 is 0.942 bits per heavy atom. The number of terminal acetylenes is 1. The Bertz CT molecular complexity index is 2750. The number of carbonyl (C=O) groups is 3. The number of aliphatic hydroxyl groups is 1. The summed E-state index contributed by atoms with van der Waals surface area (Å²) < 4.78 is 0. The van der Waals surface area contributed by atoms with Gasteiger partial charge in [-0.15, -0.1) is 16.6 Å². The Labute approximate surface area is 402 Å². The fraction of sp³-hybridized carbons (Fsp3) is 0.481. The van der Waals surface area contributed by atoms with E-state index in [2.05, 4.69) is 53.4 Å². The number of H-pyrrole nitrogens is 1. The van der Waals surface area contributed by atoms with Crippen molar-refractivity contribution in [2.75, 3.05) is 62.2 Å². The number of aromatic amines is 1. The van der Waals surface area contributed by atoms with Crippen molar-refractivity contribution in [3.63, 3.8) is 0 Å². The van der Waals surface area contributed by atoms with Gasteiger partial charge in [0.25, 0.3) is 0 Å². The summed E-state index contributed by atoms with van der Waals surface area (Å²) in [7, 11) is 0. The van der Waals surface area contributed by atoms with Crippen LogP contribution in [0.3, 0.4) is 0 Å². The monoisotopic (exact) mass is 934 g/mol. The maximum Gasteiger partial charge on any atom is 0.318 e. The van der Waals surface area contributed by atoms with Crippen molar-refractivity contribution in [3.8, 4) is 29.4 Å². The number of carbonyl (C=O) groups excluding carboxylic acids is 3. The number of β-amino-alcohol motifs (C(OH)–C–C–N with tert-alkyl or cyclic N) is 1. The van der Waals surface area contributed by atoms with Gasteiger partial charge in [-0.05, 0) is 72.9 Å². The lowest BCUT2D eigenvalue weighted by atomic mass is 9.85. The van der Waals surface area contributed by atoms with Gasteiger partial charge in [0.15, 0.2) is 5.65 Å². The van der Waals surface area contributed by atoms with Gasteiger partial charge in [0.2, 0.25) is 17.8 Å². The second-order valence-corrected chi connectivity index (χ2v) is 20.7. The summed E-state index contributed by atoms with van der Waals surface area (Å²) in [6.45, 7) is 14.0. The molecule has 0 saturated carbocycles. The normalized spacial score (nSPS) is 23.4. The molecule has 0 unspecified atom stereocenters. The SMILES string of the molecule is C#Cc1ccc(CNC(=O)[C@@H]2C[C@@H](O)CN2C(=O)[C@@H](NC(=O)N2CCC(N3C[C@H]4CN(c5cnc(N6CCc7[nH]c8nnc(-c9ccccc9O)cc8c7[C@H]6C)nc5)C[C@H]4C3)CC2)C(C)(C)C)cc1. The third-order valence-electron chi connectivity index (χ3n) is 15.2. The van der Waals surface area contributed by atoms with Gasteiger partial charge >= 0.3 is 6.03 Å². The number of piperidine rings is 1. The highest BCUT2D eigenvalue weighted by molar-refractivity contribution is 5.93. The van der Waals surface area contributed by atoms with Crippen LogP contribution in [0.2, 0.25) is 0 Å². The molecule has 17 heteroatoms. The van der Waals surface area contributed by atoms with Gasteiger partial charge in [0, 0.05) is 106 Å². The molecule has 5 aromatic rings. The molecule has 8 heterocycles. The molecule has 10 rings (SSSR count). The first-order chi connectivity index (χ1) is 33.2. The number of phenols is 1. The zero-order valence-electron chi connectivity index (χ0n) is 39.8. The van der Waals surface area contributed by atoms with Crippen LogP contribution in [0.15, 0.2) is 67.0 Å². The molecule has 3 aromatic heterocycles. The van der Waals surface area contributed by atoms with E-state index in [1.807, 2.05) is 80.5 Å². The highest BCUT2D eigenvalue weighted by Crippen LogP contribution is 2.40. The fourth-order valence-electron chi connectivity index (χ4n) is 11.4. The number of nitrogens with zero attached hydrogens (tertiary/aromatic N) is 9. The second kappa shape index (κ2) is 18.6. The summed E-state index contributed by atoms with van der Waals surface area (Å²) in [6, 6.07) is 14.8. The van der Waals surface area contributed by atoms with Crippen molar-refractivity contribution in [1.82, 2.24) is 50.5 Å². The van der Waals surface area contributed by atoms with Crippen LogP contribution >= 0.6 is 0 Å². The second-order valence-electron chi connectivity index (χ2n) is 20.7. The van der Waals surface area contributed by atoms with Crippen LogP contribution < -0.4 is 20.4 Å². The number of aromatic nitrogens is 5. The minimum atomic E-state index is -0.897. The average Bonchev–Trinajstić information content (AvgIpc) is 4.14. The summed E-state index contributed by atoms with van der Waals surface area (Å²) in [6.07, 6.45) is 11.2. The molecule has 0 radical (unpaired) electrons. The summed E-state index contributed by atoms with van der Waals surface area (Å²) in [5.41, 5.74) is 6.29. The standard InChI is InChI=1S/C52H62N12O5/c1-6-32-11-13-33(14-12-32)23-53-48(67)43-21-38(65)30-64(43)49(68)46(52(3,4)5)57-51(69)60-18-15-36(16-19-60)61-26-34-28-62(29-35(34)27-61)37-24-54-50(55-25-37)63-20-17-41-45(31(63)2)40-22-42(58-59-47(40)56-41)39-9-7-8-10-44(39)66/h1,7-14,22,24-25,31,34-36,38,43,46,65-66H,15-21,23,26-30H2,2-5H3,(H,53,67)(H,56,59)(H,57,69)/t31-,34-,35+,38-,43+,46-/m1/s1. The van der Waals surface area contributed by atoms with Crippen molar-refractivity contribution >= 4 is 40.5 Å². The van der Waals surface area contributed by atoms with Crippen molar-refractivity contribution in [2.45, 2.75) is 90.2 Å². The van der Waals surface area contributed by atoms with E-state index in [0.29, 0.717) is 48.2 Å². The van der Waals surface area contributed by atoms with E-state index in [-0.39, 0.29) is 49.1 Å². The first-order valence-electron chi connectivity index (χ1n) is 24.3. The summed E-state index contributed by atoms with van der Waals surface area (Å²) in [5.74, 6) is 3.79. The largest absolute Gasteiger partial charge is 0.507 e. The molecule has 5 aliphatic rings. The highest BCUT2D eigenvalue weighted by atomic mass is 16.3. The van der Waals surface area contributed by atoms with Crippen molar-refractivity contribution < 1.29 is 24.6 Å². The molecule has 360 valence electrons. The first kappa shape index (κ1) is 46.0. The molecule has 4 amide bonds. The third kappa shape index (κ3) is 9.15. The van der Waals surface area contributed by atoms with E-state index < -0.39 is 23.6 Å². The van der Waals surface area contributed by atoms with E-state index in [4.69, 9.17) is 16.4 Å². The molecule has 17 nitrogen and oxygen atoms in total. The molecule has 0 aliphatic carbocycles. The fourth-order valence-corrected chi connectivity index (χ4v) is 11.4. The van der Waals surface area contributed by atoms with Crippen LogP contribution in [0.25, 0.3) is 22.3 Å². The number of likely N-dealkylation sites (tertiary alicyclic amines) is 3. The van der Waals surface area contributed by atoms with Crippen LogP contribution in [0, 0.1) is 29.6 Å². The van der Waals surface area contributed by atoms with E-state index in [0.717, 1.165) is 91.1 Å². The van der Waals surface area contributed by atoms with E-state index in [9.17, 15) is 24.6 Å².